The van der Waals surface area contributed by atoms with Crippen molar-refractivity contribution in [3.63, 3.8) is 0 Å². The molecule has 0 aromatic rings. The van der Waals surface area contributed by atoms with Gasteiger partial charge in [0.05, 0.1) is 44.4 Å². The second-order valence-electron chi connectivity index (χ2n) is 4.00. The molecule has 0 spiro atoms. The van der Waals surface area contributed by atoms with Crippen LogP contribution >= 0.6 is 12.2 Å². The highest BCUT2D eigenvalue weighted by molar-refractivity contribution is 7.80. The van der Waals surface area contributed by atoms with E-state index >= 15 is 0 Å². The molecule has 0 radical (unpaired) electrons. The normalized spacial score (nSPS) is 10.4. The van der Waals surface area contributed by atoms with Crippen molar-refractivity contribution in [2.45, 2.75) is 12.8 Å². The lowest BCUT2D eigenvalue weighted by Gasteiger charge is -2.16. The second kappa shape index (κ2) is 12.3. The molecule has 0 aliphatic rings. The average Bonchev–Trinajstić information content (AvgIpc) is 2.38. The predicted molar refractivity (Wildman–Crippen MR) is 77.2 cm³/mol. The van der Waals surface area contributed by atoms with Gasteiger partial charge < -0.3 is 24.8 Å². The summed E-state index contributed by atoms with van der Waals surface area (Å²) in [4.78, 5) is 13.7. The molecule has 0 aliphatic heterocycles. The Kier molecular flexibility index (Phi) is 11.8. The summed E-state index contributed by atoms with van der Waals surface area (Å²) in [6.07, 6.45) is 0.900. The van der Waals surface area contributed by atoms with Crippen molar-refractivity contribution in [1.29, 1.82) is 0 Å². The van der Waals surface area contributed by atoms with Crippen molar-refractivity contribution in [3.8, 4) is 0 Å². The molecule has 0 aromatic carbocycles. The van der Waals surface area contributed by atoms with E-state index in [2.05, 4.69) is 0 Å². The Morgan fingerprint density at radius 3 is 2.26 bits per heavy atom. The Morgan fingerprint density at radius 1 is 1.11 bits per heavy atom. The number of nitrogens with zero attached hydrogens (tertiary/aromatic N) is 1. The lowest BCUT2D eigenvalue weighted by atomic mass is 10.3. The number of ether oxygens (including phenoxy) is 3. The van der Waals surface area contributed by atoms with E-state index in [0.29, 0.717) is 57.4 Å². The van der Waals surface area contributed by atoms with Crippen LogP contribution in [0, 0.1) is 0 Å². The molecule has 2 N–H and O–H groups in total. The van der Waals surface area contributed by atoms with Gasteiger partial charge in [-0.25, -0.2) is 0 Å². The molecule has 0 heterocycles. The van der Waals surface area contributed by atoms with Gasteiger partial charge in [0.15, 0.2) is 0 Å². The molecular weight excluding hydrogens is 268 g/mol. The number of thiocarbonyl (C=S) groups is 1. The maximum absolute atomic E-state index is 11.6. The van der Waals surface area contributed by atoms with Crippen molar-refractivity contribution in [2.24, 2.45) is 5.73 Å². The van der Waals surface area contributed by atoms with E-state index in [9.17, 15) is 4.79 Å². The lowest BCUT2D eigenvalue weighted by molar-refractivity contribution is -0.131. The highest BCUT2D eigenvalue weighted by Gasteiger charge is 2.08. The topological polar surface area (TPSA) is 74.0 Å². The molecule has 0 atom stereocenters. The molecule has 0 rings (SSSR count). The molecule has 19 heavy (non-hydrogen) atoms. The van der Waals surface area contributed by atoms with Crippen molar-refractivity contribution >= 4 is 23.1 Å². The molecular formula is C12H24N2O4S. The third-order valence-corrected chi connectivity index (χ3v) is 2.59. The minimum absolute atomic E-state index is 0.0246. The smallest absolute Gasteiger partial charge is 0.224 e. The molecule has 6 nitrogen and oxygen atoms in total. The molecule has 0 bridgehead atoms. The molecule has 112 valence electrons. The SMILES string of the molecule is COCCOCCOCCC(=O)N(C)CCC(N)=S. The van der Waals surface area contributed by atoms with Gasteiger partial charge in [-0.15, -0.1) is 0 Å². The fourth-order valence-electron chi connectivity index (χ4n) is 1.22. The molecule has 0 fully saturated rings. The van der Waals surface area contributed by atoms with Crippen LogP contribution in [-0.2, 0) is 19.0 Å². The van der Waals surface area contributed by atoms with Crippen LogP contribution in [0.3, 0.4) is 0 Å². The molecule has 0 aliphatic carbocycles. The Morgan fingerprint density at radius 2 is 1.68 bits per heavy atom. The monoisotopic (exact) mass is 292 g/mol. The Hall–Kier alpha value is -0.760. The summed E-state index contributed by atoms with van der Waals surface area (Å²) >= 11 is 4.76. The zero-order valence-corrected chi connectivity index (χ0v) is 12.5. The quantitative estimate of drug-likeness (QED) is 0.409. The van der Waals surface area contributed by atoms with Crippen LogP contribution in [0.5, 0.6) is 0 Å². The number of hydrogen-bond acceptors (Lipinski definition) is 5. The van der Waals surface area contributed by atoms with Gasteiger partial charge in [-0.2, -0.15) is 0 Å². The molecule has 7 heteroatoms. The van der Waals surface area contributed by atoms with Gasteiger partial charge in [0.25, 0.3) is 0 Å². The van der Waals surface area contributed by atoms with E-state index in [4.69, 9.17) is 32.2 Å². The van der Waals surface area contributed by atoms with Crippen LogP contribution < -0.4 is 5.73 Å². The van der Waals surface area contributed by atoms with Crippen LogP contribution in [0.2, 0.25) is 0 Å². The molecule has 0 saturated carbocycles. The average molecular weight is 292 g/mol. The summed E-state index contributed by atoms with van der Waals surface area (Å²) in [5.74, 6) is 0.0246. The van der Waals surface area contributed by atoms with Gasteiger partial charge in [-0.3, -0.25) is 4.79 Å². The number of amides is 1. The summed E-state index contributed by atoms with van der Waals surface area (Å²) in [7, 11) is 3.35. The van der Waals surface area contributed by atoms with Crippen LogP contribution in [0.4, 0.5) is 0 Å². The highest BCUT2D eigenvalue weighted by atomic mass is 32.1. The van der Waals surface area contributed by atoms with Gasteiger partial charge in [0.2, 0.25) is 5.91 Å². The summed E-state index contributed by atoms with van der Waals surface area (Å²) in [6.45, 7) is 3.06. The van der Waals surface area contributed by atoms with Crippen molar-refractivity contribution in [3.05, 3.63) is 0 Å². The number of methoxy groups -OCH3 is 1. The molecule has 0 aromatic heterocycles. The minimum atomic E-state index is 0.0246. The fraction of sp³-hybridized carbons (Fsp3) is 0.833. The number of nitrogens with two attached hydrogens (primary N) is 1. The van der Waals surface area contributed by atoms with Crippen molar-refractivity contribution in [2.75, 3.05) is 53.7 Å². The van der Waals surface area contributed by atoms with Crippen molar-refractivity contribution < 1.29 is 19.0 Å². The molecule has 1 amide bonds. The highest BCUT2D eigenvalue weighted by Crippen LogP contribution is 1.94. The fourth-order valence-corrected chi connectivity index (χ4v) is 1.31. The van der Waals surface area contributed by atoms with Crippen LogP contribution in [0.25, 0.3) is 0 Å². The summed E-state index contributed by atoms with van der Waals surface area (Å²) < 4.78 is 15.3. The van der Waals surface area contributed by atoms with Crippen LogP contribution in [0.1, 0.15) is 12.8 Å². The Balaban J connectivity index is 3.39. The second-order valence-corrected chi connectivity index (χ2v) is 4.52. The van der Waals surface area contributed by atoms with Gasteiger partial charge in [-0.1, -0.05) is 12.2 Å². The van der Waals surface area contributed by atoms with E-state index < -0.39 is 0 Å². The first kappa shape index (κ1) is 18.2. The minimum Gasteiger partial charge on any atom is -0.393 e. The van der Waals surface area contributed by atoms with Crippen molar-refractivity contribution in [1.82, 2.24) is 4.90 Å². The Bertz CT molecular complexity index is 264. The Labute approximate surface area is 120 Å². The maximum Gasteiger partial charge on any atom is 0.224 e. The largest absolute Gasteiger partial charge is 0.393 e. The zero-order chi connectivity index (χ0) is 14.5. The van der Waals surface area contributed by atoms with E-state index in [1.165, 1.54) is 0 Å². The first-order chi connectivity index (χ1) is 9.07. The number of hydrogen-bond donors (Lipinski definition) is 1. The predicted octanol–water partition coefficient (Wildman–Crippen LogP) is 0.191. The summed E-state index contributed by atoms with van der Waals surface area (Å²) in [6, 6.07) is 0. The molecule has 0 saturated heterocycles. The van der Waals surface area contributed by atoms with E-state index in [1.54, 1.807) is 19.1 Å². The maximum atomic E-state index is 11.6. The summed E-state index contributed by atoms with van der Waals surface area (Å²) in [5.41, 5.74) is 5.38. The summed E-state index contributed by atoms with van der Waals surface area (Å²) in [5, 5.41) is 0. The zero-order valence-electron chi connectivity index (χ0n) is 11.7. The number of carbonyl (C=O) groups is 1. The van der Waals surface area contributed by atoms with Gasteiger partial charge in [0, 0.05) is 27.1 Å². The van der Waals surface area contributed by atoms with Gasteiger partial charge in [-0.05, 0) is 0 Å². The van der Waals surface area contributed by atoms with E-state index in [0.717, 1.165) is 0 Å². The van der Waals surface area contributed by atoms with E-state index in [-0.39, 0.29) is 5.91 Å². The van der Waals surface area contributed by atoms with Gasteiger partial charge >= 0.3 is 0 Å². The lowest BCUT2D eigenvalue weighted by Crippen LogP contribution is -2.30. The van der Waals surface area contributed by atoms with Gasteiger partial charge in [0.1, 0.15) is 0 Å². The number of rotatable bonds is 12. The van der Waals surface area contributed by atoms with E-state index in [1.807, 2.05) is 0 Å². The number of carbonyl (C=O) groups excluding carboxylic acids is 1. The first-order valence-electron chi connectivity index (χ1n) is 6.24. The first-order valence-corrected chi connectivity index (χ1v) is 6.65. The van der Waals surface area contributed by atoms with Crippen LogP contribution in [0.15, 0.2) is 0 Å². The van der Waals surface area contributed by atoms with Crippen LogP contribution in [-0.4, -0.2) is 69.5 Å². The standard InChI is InChI=1S/C12H24N2O4S/c1-14(5-3-11(13)19)12(15)4-6-17-9-10-18-8-7-16-2/h3-10H2,1-2H3,(H2,13,19). The third kappa shape index (κ3) is 12.0. The third-order valence-electron chi connectivity index (χ3n) is 2.38. The molecule has 0 unspecified atom stereocenters.